The average molecular weight is 259 g/mol. The van der Waals surface area contributed by atoms with Gasteiger partial charge in [0.25, 0.3) is 0 Å². The lowest BCUT2D eigenvalue weighted by molar-refractivity contribution is 1.01. The Balaban J connectivity index is 1.83. The molecule has 0 spiro atoms. The second-order valence-corrected chi connectivity index (χ2v) is 5.10. The van der Waals surface area contributed by atoms with Crippen molar-refractivity contribution in [1.29, 1.82) is 0 Å². The summed E-state index contributed by atoms with van der Waals surface area (Å²) in [5.74, 6) is 6.47. The van der Waals surface area contributed by atoms with Crippen molar-refractivity contribution in [2.24, 2.45) is 0 Å². The summed E-state index contributed by atoms with van der Waals surface area (Å²) in [6.45, 7) is 2.11. The van der Waals surface area contributed by atoms with E-state index < -0.39 is 0 Å². The van der Waals surface area contributed by atoms with Crippen molar-refractivity contribution in [2.75, 3.05) is 0 Å². The summed E-state index contributed by atoms with van der Waals surface area (Å²) in [4.78, 5) is 4.48. The van der Waals surface area contributed by atoms with Crippen molar-refractivity contribution in [3.63, 3.8) is 0 Å². The fourth-order valence-corrected chi connectivity index (χ4v) is 2.41. The Bertz CT molecular complexity index is 754. The van der Waals surface area contributed by atoms with Crippen LogP contribution in [0.3, 0.4) is 0 Å². The minimum Gasteiger partial charge on any atom is -0.255 e. The molecular weight excluding hydrogens is 242 g/mol. The fraction of sp³-hybridized carbons (Fsp3) is 0.211. The highest BCUT2D eigenvalue weighted by molar-refractivity contribution is 5.83. The third-order valence-corrected chi connectivity index (χ3v) is 3.54. The number of benzene rings is 1. The molecular formula is C19H17N. The van der Waals surface area contributed by atoms with Gasteiger partial charge in [-0.05, 0) is 43.0 Å². The minimum absolute atomic E-state index is 0.822. The summed E-state index contributed by atoms with van der Waals surface area (Å²) in [6.07, 6.45) is 11.7. The Labute approximate surface area is 120 Å². The molecule has 1 heteroatoms. The first-order valence-corrected chi connectivity index (χ1v) is 7.03. The van der Waals surface area contributed by atoms with E-state index in [4.69, 9.17) is 0 Å². The molecule has 3 rings (SSSR count). The van der Waals surface area contributed by atoms with Gasteiger partial charge in [0, 0.05) is 23.6 Å². The van der Waals surface area contributed by atoms with E-state index in [1.165, 1.54) is 16.5 Å². The van der Waals surface area contributed by atoms with E-state index in [0.717, 1.165) is 30.3 Å². The van der Waals surface area contributed by atoms with E-state index in [0.29, 0.717) is 0 Å². The smallest absolute Gasteiger partial charge is 0.0705 e. The maximum absolute atomic E-state index is 4.48. The van der Waals surface area contributed by atoms with E-state index in [1.54, 1.807) is 0 Å². The number of hydrogen-bond donors (Lipinski definition) is 0. The molecule has 0 amide bonds. The zero-order chi connectivity index (χ0) is 13.8. The summed E-state index contributed by atoms with van der Waals surface area (Å²) in [5.41, 5.74) is 4.60. The molecule has 20 heavy (non-hydrogen) atoms. The number of nitrogens with zero attached hydrogens (tertiary/aromatic N) is 1. The summed E-state index contributed by atoms with van der Waals surface area (Å²) < 4.78 is 0. The largest absolute Gasteiger partial charge is 0.255 e. The number of rotatable bonds is 1. The van der Waals surface area contributed by atoms with Crippen molar-refractivity contribution in [3.05, 3.63) is 65.4 Å². The van der Waals surface area contributed by atoms with Crippen molar-refractivity contribution in [2.45, 2.75) is 26.2 Å². The number of allylic oxidation sites excluding steroid dienone is 4. The third kappa shape index (κ3) is 2.81. The maximum atomic E-state index is 4.48. The van der Waals surface area contributed by atoms with Crippen molar-refractivity contribution < 1.29 is 0 Å². The van der Waals surface area contributed by atoms with Crippen LogP contribution in [0.5, 0.6) is 0 Å². The molecule has 0 radical (unpaired) electrons. The van der Waals surface area contributed by atoms with Crippen LogP contribution < -0.4 is 0 Å². The molecule has 1 nitrogen and oxygen atoms in total. The van der Waals surface area contributed by atoms with Gasteiger partial charge in [-0.3, -0.25) is 4.98 Å². The van der Waals surface area contributed by atoms with Crippen LogP contribution in [0.4, 0.5) is 0 Å². The van der Waals surface area contributed by atoms with Crippen LogP contribution in [0.15, 0.2) is 54.3 Å². The second kappa shape index (κ2) is 5.75. The van der Waals surface area contributed by atoms with Crippen LogP contribution in [-0.4, -0.2) is 4.98 Å². The summed E-state index contributed by atoms with van der Waals surface area (Å²) in [6, 6.07) is 8.32. The van der Waals surface area contributed by atoms with Gasteiger partial charge in [0.05, 0.1) is 5.52 Å². The maximum Gasteiger partial charge on any atom is 0.0705 e. The number of hydrogen-bond acceptors (Lipinski definition) is 1. The first-order chi connectivity index (χ1) is 9.83. The van der Waals surface area contributed by atoms with Gasteiger partial charge in [0.1, 0.15) is 0 Å². The summed E-state index contributed by atoms with van der Waals surface area (Å²) >= 11 is 0. The van der Waals surface area contributed by atoms with E-state index in [1.807, 2.05) is 18.3 Å². The molecule has 1 aromatic carbocycles. The van der Waals surface area contributed by atoms with Gasteiger partial charge in [-0.25, -0.2) is 0 Å². The SMILES string of the molecule is Cc1cccc2ncc(C#CCC3=CCCC=C3)cc12. The van der Waals surface area contributed by atoms with Crippen LogP contribution in [0, 0.1) is 18.8 Å². The van der Waals surface area contributed by atoms with Gasteiger partial charge in [-0.1, -0.05) is 42.2 Å². The molecule has 1 aromatic heterocycles. The number of pyridine rings is 1. The fourth-order valence-electron chi connectivity index (χ4n) is 2.41. The quantitative estimate of drug-likeness (QED) is 0.684. The molecule has 0 bridgehead atoms. The molecule has 1 aliphatic rings. The predicted octanol–water partition coefficient (Wildman–Crippen LogP) is 4.56. The molecule has 1 heterocycles. The Morgan fingerprint density at radius 3 is 3.05 bits per heavy atom. The lowest BCUT2D eigenvalue weighted by Gasteiger charge is -2.02. The summed E-state index contributed by atoms with van der Waals surface area (Å²) in [5, 5.41) is 1.19. The summed E-state index contributed by atoms with van der Waals surface area (Å²) in [7, 11) is 0. The molecule has 0 N–H and O–H groups in total. The van der Waals surface area contributed by atoms with Gasteiger partial charge in [-0.15, -0.1) is 0 Å². The normalized spacial score (nSPS) is 13.8. The number of aromatic nitrogens is 1. The molecule has 0 saturated carbocycles. The lowest BCUT2D eigenvalue weighted by Crippen LogP contribution is -1.85. The van der Waals surface area contributed by atoms with E-state index >= 15 is 0 Å². The molecule has 2 aromatic rings. The van der Waals surface area contributed by atoms with Crippen LogP contribution >= 0.6 is 0 Å². The van der Waals surface area contributed by atoms with E-state index in [9.17, 15) is 0 Å². The van der Waals surface area contributed by atoms with Crippen molar-refractivity contribution in [3.8, 4) is 11.8 Å². The molecule has 98 valence electrons. The highest BCUT2D eigenvalue weighted by Gasteiger charge is 1.99. The Hall–Kier alpha value is -2.33. The zero-order valence-corrected chi connectivity index (χ0v) is 11.7. The molecule has 0 aliphatic heterocycles. The number of fused-ring (bicyclic) bond motifs is 1. The topological polar surface area (TPSA) is 12.9 Å². The zero-order valence-electron chi connectivity index (χ0n) is 11.7. The Kier molecular flexibility index (Phi) is 3.65. The van der Waals surface area contributed by atoms with Gasteiger partial charge >= 0.3 is 0 Å². The van der Waals surface area contributed by atoms with Gasteiger partial charge in [-0.2, -0.15) is 0 Å². The van der Waals surface area contributed by atoms with Crippen LogP contribution in [0.25, 0.3) is 10.9 Å². The van der Waals surface area contributed by atoms with Gasteiger partial charge in [0.2, 0.25) is 0 Å². The van der Waals surface area contributed by atoms with Crippen LogP contribution in [0.1, 0.15) is 30.4 Å². The minimum atomic E-state index is 0.822. The first kappa shape index (κ1) is 12.7. The van der Waals surface area contributed by atoms with Crippen molar-refractivity contribution in [1.82, 2.24) is 4.98 Å². The standard InChI is InChI=1S/C19H17N/c1-15-7-5-12-19-18(15)13-17(14-20-19)11-6-10-16-8-3-2-4-9-16/h3,5,7-9,12-14H,2,4,10H2,1H3. The highest BCUT2D eigenvalue weighted by Crippen LogP contribution is 2.17. The van der Waals surface area contributed by atoms with Crippen molar-refractivity contribution >= 4 is 10.9 Å². The highest BCUT2D eigenvalue weighted by atomic mass is 14.6. The molecule has 0 fully saturated rings. The van der Waals surface area contributed by atoms with Crippen LogP contribution in [-0.2, 0) is 0 Å². The predicted molar refractivity (Wildman–Crippen MR) is 84.4 cm³/mol. The number of aryl methyl sites for hydroxylation is 1. The monoisotopic (exact) mass is 259 g/mol. The van der Waals surface area contributed by atoms with E-state index in [-0.39, 0.29) is 0 Å². The second-order valence-electron chi connectivity index (χ2n) is 5.10. The van der Waals surface area contributed by atoms with Crippen LogP contribution in [0.2, 0.25) is 0 Å². The van der Waals surface area contributed by atoms with E-state index in [2.05, 4.69) is 54.1 Å². The average Bonchev–Trinajstić information content (AvgIpc) is 2.49. The van der Waals surface area contributed by atoms with Gasteiger partial charge in [0.15, 0.2) is 0 Å². The van der Waals surface area contributed by atoms with Gasteiger partial charge < -0.3 is 0 Å². The molecule has 0 unspecified atom stereocenters. The molecule has 0 saturated heterocycles. The molecule has 1 aliphatic carbocycles. The third-order valence-electron chi connectivity index (χ3n) is 3.54. The Morgan fingerprint density at radius 1 is 1.25 bits per heavy atom. The molecule has 0 atom stereocenters. The Morgan fingerprint density at radius 2 is 2.20 bits per heavy atom. The lowest BCUT2D eigenvalue weighted by atomic mass is 10.0. The first-order valence-electron chi connectivity index (χ1n) is 7.03.